The summed E-state index contributed by atoms with van der Waals surface area (Å²) in [5.74, 6) is 0.767. The predicted molar refractivity (Wildman–Crippen MR) is 73.3 cm³/mol. The van der Waals surface area contributed by atoms with Crippen molar-refractivity contribution in [2.45, 2.75) is 33.2 Å². The van der Waals surface area contributed by atoms with Crippen molar-refractivity contribution in [3.8, 4) is 0 Å². The second kappa shape index (κ2) is 5.27. The molecule has 0 aliphatic rings. The van der Waals surface area contributed by atoms with E-state index in [-0.39, 0.29) is 6.04 Å². The van der Waals surface area contributed by atoms with Crippen molar-refractivity contribution in [1.82, 2.24) is 9.97 Å². The van der Waals surface area contributed by atoms with Gasteiger partial charge in [0, 0.05) is 6.20 Å². The molecule has 3 heteroatoms. The Morgan fingerprint density at radius 1 is 1.11 bits per heavy atom. The van der Waals surface area contributed by atoms with Gasteiger partial charge in [-0.1, -0.05) is 29.3 Å². The van der Waals surface area contributed by atoms with Crippen LogP contribution in [0, 0.1) is 20.8 Å². The second-order valence-electron chi connectivity index (χ2n) is 4.84. The number of nitrogens with two attached hydrogens (primary N) is 1. The molecule has 0 amide bonds. The third-order valence-electron chi connectivity index (χ3n) is 2.91. The van der Waals surface area contributed by atoms with Crippen LogP contribution in [0.5, 0.6) is 0 Å². The molecule has 18 heavy (non-hydrogen) atoms. The van der Waals surface area contributed by atoms with E-state index in [1.54, 1.807) is 6.20 Å². The van der Waals surface area contributed by atoms with Gasteiger partial charge in [0.2, 0.25) is 0 Å². The molecule has 0 bridgehead atoms. The highest BCUT2D eigenvalue weighted by Gasteiger charge is 2.09. The first-order valence-corrected chi connectivity index (χ1v) is 6.17. The molecule has 0 aliphatic heterocycles. The van der Waals surface area contributed by atoms with Crippen LogP contribution >= 0.6 is 0 Å². The number of rotatable bonds is 3. The zero-order chi connectivity index (χ0) is 13.1. The van der Waals surface area contributed by atoms with Crippen LogP contribution in [0.25, 0.3) is 0 Å². The van der Waals surface area contributed by atoms with Crippen LogP contribution in [0.15, 0.2) is 30.5 Å². The van der Waals surface area contributed by atoms with E-state index in [1.165, 1.54) is 16.7 Å². The van der Waals surface area contributed by atoms with E-state index in [2.05, 4.69) is 42.0 Å². The van der Waals surface area contributed by atoms with Crippen molar-refractivity contribution in [2.24, 2.45) is 5.73 Å². The van der Waals surface area contributed by atoms with Gasteiger partial charge in [-0.15, -0.1) is 0 Å². The molecule has 1 aromatic carbocycles. The lowest BCUT2D eigenvalue weighted by atomic mass is 10.00. The Morgan fingerprint density at radius 2 is 1.78 bits per heavy atom. The molecule has 0 saturated heterocycles. The van der Waals surface area contributed by atoms with Crippen molar-refractivity contribution in [3.63, 3.8) is 0 Å². The summed E-state index contributed by atoms with van der Waals surface area (Å²) in [6.07, 6.45) is 2.57. The zero-order valence-electron chi connectivity index (χ0n) is 11.1. The molecule has 94 valence electrons. The lowest BCUT2D eigenvalue weighted by molar-refractivity contribution is 0.687. The predicted octanol–water partition coefficient (Wildman–Crippen LogP) is 2.64. The fourth-order valence-electron chi connectivity index (χ4n) is 2.23. The van der Waals surface area contributed by atoms with Gasteiger partial charge in [-0.05, 0) is 38.8 Å². The smallest absolute Gasteiger partial charge is 0.125 e. The van der Waals surface area contributed by atoms with Crippen molar-refractivity contribution < 1.29 is 0 Å². The van der Waals surface area contributed by atoms with Crippen LogP contribution in [-0.2, 0) is 6.42 Å². The first-order chi connectivity index (χ1) is 8.54. The van der Waals surface area contributed by atoms with Crippen LogP contribution in [0.2, 0.25) is 0 Å². The first kappa shape index (κ1) is 12.7. The van der Waals surface area contributed by atoms with E-state index in [4.69, 9.17) is 5.73 Å². The van der Waals surface area contributed by atoms with Gasteiger partial charge in [0.15, 0.2) is 0 Å². The third-order valence-corrected chi connectivity index (χ3v) is 2.91. The van der Waals surface area contributed by atoms with E-state index in [0.717, 1.165) is 17.9 Å². The highest BCUT2D eigenvalue weighted by Crippen LogP contribution is 2.16. The lowest BCUT2D eigenvalue weighted by Crippen LogP contribution is -2.15. The molecule has 3 nitrogen and oxygen atoms in total. The lowest BCUT2D eigenvalue weighted by Gasteiger charge is -2.12. The van der Waals surface area contributed by atoms with Crippen molar-refractivity contribution >= 4 is 0 Å². The average Bonchev–Trinajstić information content (AvgIpc) is 2.27. The maximum Gasteiger partial charge on any atom is 0.125 e. The highest BCUT2D eigenvalue weighted by molar-refractivity contribution is 5.29. The Hall–Kier alpha value is -1.74. The van der Waals surface area contributed by atoms with Gasteiger partial charge in [-0.2, -0.15) is 0 Å². The monoisotopic (exact) mass is 241 g/mol. The van der Waals surface area contributed by atoms with Gasteiger partial charge in [-0.25, -0.2) is 9.97 Å². The standard InChI is InChI=1S/C15H19N3/c1-10-6-11(2)8-13(7-10)9-14(16)15-4-5-17-12(3)18-15/h4-8,14H,9,16H2,1-3H3. The van der Waals surface area contributed by atoms with Crippen LogP contribution in [0.3, 0.4) is 0 Å². The normalized spacial score (nSPS) is 12.4. The summed E-state index contributed by atoms with van der Waals surface area (Å²) in [6.45, 7) is 6.10. The Kier molecular flexibility index (Phi) is 3.72. The second-order valence-corrected chi connectivity index (χ2v) is 4.84. The summed E-state index contributed by atoms with van der Waals surface area (Å²) >= 11 is 0. The van der Waals surface area contributed by atoms with E-state index in [0.29, 0.717) is 0 Å². The van der Waals surface area contributed by atoms with Crippen LogP contribution in [0.1, 0.15) is 34.3 Å². The Labute approximate surface area is 108 Å². The summed E-state index contributed by atoms with van der Waals surface area (Å²) in [7, 11) is 0. The third kappa shape index (κ3) is 3.14. The molecule has 1 heterocycles. The van der Waals surface area contributed by atoms with E-state index >= 15 is 0 Å². The summed E-state index contributed by atoms with van der Waals surface area (Å²) in [4.78, 5) is 8.47. The van der Waals surface area contributed by atoms with Gasteiger partial charge in [0.05, 0.1) is 11.7 Å². The Morgan fingerprint density at radius 3 is 2.39 bits per heavy atom. The van der Waals surface area contributed by atoms with E-state index < -0.39 is 0 Å². The zero-order valence-corrected chi connectivity index (χ0v) is 11.1. The minimum atomic E-state index is -0.0760. The number of hydrogen-bond acceptors (Lipinski definition) is 3. The minimum absolute atomic E-state index is 0.0760. The molecular weight excluding hydrogens is 222 g/mol. The molecule has 0 spiro atoms. The number of nitrogens with zero attached hydrogens (tertiary/aromatic N) is 2. The fourth-order valence-corrected chi connectivity index (χ4v) is 2.23. The van der Waals surface area contributed by atoms with Crippen molar-refractivity contribution in [2.75, 3.05) is 0 Å². The summed E-state index contributed by atoms with van der Waals surface area (Å²) in [5, 5.41) is 0. The quantitative estimate of drug-likeness (QED) is 0.898. The largest absolute Gasteiger partial charge is 0.322 e. The Bertz CT molecular complexity index is 529. The van der Waals surface area contributed by atoms with Crippen molar-refractivity contribution in [1.29, 1.82) is 0 Å². The van der Waals surface area contributed by atoms with Gasteiger partial charge in [0.1, 0.15) is 5.82 Å². The minimum Gasteiger partial charge on any atom is -0.322 e. The molecule has 0 fully saturated rings. The van der Waals surface area contributed by atoms with Crippen LogP contribution < -0.4 is 5.73 Å². The molecule has 2 rings (SSSR count). The maximum atomic E-state index is 6.21. The van der Waals surface area contributed by atoms with Gasteiger partial charge in [-0.3, -0.25) is 0 Å². The van der Waals surface area contributed by atoms with Gasteiger partial charge in [0.25, 0.3) is 0 Å². The summed E-state index contributed by atoms with van der Waals surface area (Å²) in [6, 6.07) is 8.35. The summed E-state index contributed by atoms with van der Waals surface area (Å²) in [5.41, 5.74) is 10.9. The number of benzene rings is 1. The van der Waals surface area contributed by atoms with Crippen LogP contribution in [-0.4, -0.2) is 9.97 Å². The average molecular weight is 241 g/mol. The highest BCUT2D eigenvalue weighted by atomic mass is 14.9. The topological polar surface area (TPSA) is 51.8 Å². The molecule has 0 radical (unpaired) electrons. The number of hydrogen-bond donors (Lipinski definition) is 1. The molecular formula is C15H19N3. The van der Waals surface area contributed by atoms with E-state index in [9.17, 15) is 0 Å². The SMILES string of the molecule is Cc1cc(C)cc(CC(N)c2ccnc(C)n2)c1. The van der Waals surface area contributed by atoms with Crippen LogP contribution in [0.4, 0.5) is 0 Å². The molecule has 2 N–H and O–H groups in total. The van der Waals surface area contributed by atoms with E-state index in [1.807, 2.05) is 13.0 Å². The summed E-state index contributed by atoms with van der Waals surface area (Å²) < 4.78 is 0. The molecule has 1 unspecified atom stereocenters. The Balaban J connectivity index is 2.18. The number of aromatic nitrogens is 2. The number of aryl methyl sites for hydroxylation is 3. The van der Waals surface area contributed by atoms with Gasteiger partial charge < -0.3 is 5.73 Å². The fraction of sp³-hybridized carbons (Fsp3) is 0.333. The molecule has 1 aromatic heterocycles. The first-order valence-electron chi connectivity index (χ1n) is 6.17. The molecule has 0 saturated carbocycles. The van der Waals surface area contributed by atoms with Gasteiger partial charge >= 0.3 is 0 Å². The molecule has 1 atom stereocenters. The molecule has 0 aliphatic carbocycles. The maximum absolute atomic E-state index is 6.21. The van der Waals surface area contributed by atoms with Crippen molar-refractivity contribution in [3.05, 3.63) is 58.7 Å². The molecule has 2 aromatic rings.